The third-order valence-corrected chi connectivity index (χ3v) is 6.37. The van der Waals surface area contributed by atoms with E-state index in [4.69, 9.17) is 4.98 Å². The summed E-state index contributed by atoms with van der Waals surface area (Å²) in [5.41, 5.74) is 3.89. The van der Waals surface area contributed by atoms with Gasteiger partial charge in [-0.25, -0.2) is 4.98 Å². The van der Waals surface area contributed by atoms with Crippen LogP contribution in [0.2, 0.25) is 0 Å². The lowest BCUT2D eigenvalue weighted by atomic mass is 10.1. The summed E-state index contributed by atoms with van der Waals surface area (Å²) < 4.78 is 0. The first kappa shape index (κ1) is 20.9. The number of imidazole rings is 1. The van der Waals surface area contributed by atoms with Crippen LogP contribution in [-0.4, -0.2) is 45.9 Å². The van der Waals surface area contributed by atoms with Gasteiger partial charge in [-0.15, -0.1) is 0 Å². The summed E-state index contributed by atoms with van der Waals surface area (Å²) in [5.74, 6) is 1.72. The molecule has 5 nitrogen and oxygen atoms in total. The van der Waals surface area contributed by atoms with E-state index in [1.807, 2.05) is 36.4 Å². The van der Waals surface area contributed by atoms with Crippen LogP contribution < -0.4 is 5.32 Å². The lowest BCUT2D eigenvalue weighted by Crippen LogP contribution is -2.30. The van der Waals surface area contributed by atoms with Gasteiger partial charge >= 0.3 is 0 Å². The van der Waals surface area contributed by atoms with E-state index in [-0.39, 0.29) is 11.9 Å². The van der Waals surface area contributed by atoms with Crippen LogP contribution in [0.4, 0.5) is 0 Å². The number of likely N-dealkylation sites (tertiary alicyclic amines) is 1. The number of piperidine rings is 1. The quantitative estimate of drug-likeness (QED) is 0.549. The van der Waals surface area contributed by atoms with Gasteiger partial charge in [-0.05, 0) is 74.2 Å². The van der Waals surface area contributed by atoms with Crippen molar-refractivity contribution in [2.45, 2.75) is 38.3 Å². The molecule has 0 bridgehead atoms. The van der Waals surface area contributed by atoms with Crippen molar-refractivity contribution in [1.82, 2.24) is 20.2 Å². The number of benzene rings is 2. The fourth-order valence-electron chi connectivity index (χ4n) is 4.03. The molecule has 0 radical (unpaired) electrons. The van der Waals surface area contributed by atoms with Crippen molar-refractivity contribution in [3.8, 4) is 0 Å². The van der Waals surface area contributed by atoms with Crippen molar-refractivity contribution in [3.05, 3.63) is 65.5 Å². The first-order valence-corrected chi connectivity index (χ1v) is 12.2. The number of nitrogens with zero attached hydrogens (tertiary/aromatic N) is 2. The predicted molar refractivity (Wildman–Crippen MR) is 125 cm³/mol. The molecule has 3 aromatic rings. The average Bonchev–Trinajstić information content (AvgIpc) is 3.22. The summed E-state index contributed by atoms with van der Waals surface area (Å²) >= 11 is 1.78. The minimum atomic E-state index is -0.134. The molecule has 30 heavy (non-hydrogen) atoms. The number of rotatable bonds is 8. The fourth-order valence-corrected chi connectivity index (χ4v) is 4.50. The highest BCUT2D eigenvalue weighted by molar-refractivity contribution is 7.98. The van der Waals surface area contributed by atoms with Gasteiger partial charge in [0.05, 0.1) is 17.1 Å². The minimum Gasteiger partial charge on any atom is -0.342 e. The van der Waals surface area contributed by atoms with Crippen LogP contribution in [-0.2, 0) is 6.54 Å². The molecule has 2 heterocycles. The number of hydrogen-bond donors (Lipinski definition) is 2. The summed E-state index contributed by atoms with van der Waals surface area (Å²) in [6.45, 7) is 3.32. The van der Waals surface area contributed by atoms with E-state index in [0.29, 0.717) is 5.56 Å². The van der Waals surface area contributed by atoms with Crippen molar-refractivity contribution >= 4 is 28.7 Å². The Hall–Kier alpha value is -2.31. The average molecular weight is 423 g/mol. The smallest absolute Gasteiger partial charge is 0.251 e. The number of aromatic nitrogens is 2. The lowest BCUT2D eigenvalue weighted by molar-refractivity contribution is 0.0934. The van der Waals surface area contributed by atoms with Crippen molar-refractivity contribution in [2.75, 3.05) is 25.1 Å². The molecule has 1 aliphatic heterocycles. The van der Waals surface area contributed by atoms with Gasteiger partial charge in [-0.2, -0.15) is 11.8 Å². The van der Waals surface area contributed by atoms with Gasteiger partial charge in [-0.1, -0.05) is 30.7 Å². The van der Waals surface area contributed by atoms with Gasteiger partial charge in [0.25, 0.3) is 5.91 Å². The van der Waals surface area contributed by atoms with E-state index in [0.717, 1.165) is 35.6 Å². The fraction of sp³-hybridized carbons (Fsp3) is 0.417. The van der Waals surface area contributed by atoms with Crippen LogP contribution >= 0.6 is 11.8 Å². The molecule has 0 spiro atoms. The Morgan fingerprint density at radius 3 is 2.63 bits per heavy atom. The summed E-state index contributed by atoms with van der Waals surface area (Å²) in [5, 5.41) is 3.19. The molecule has 1 unspecified atom stereocenters. The van der Waals surface area contributed by atoms with Gasteiger partial charge in [0, 0.05) is 12.1 Å². The van der Waals surface area contributed by atoms with E-state index < -0.39 is 0 Å². The van der Waals surface area contributed by atoms with E-state index in [2.05, 4.69) is 33.6 Å². The normalized spacial score (nSPS) is 15.9. The Morgan fingerprint density at radius 2 is 1.90 bits per heavy atom. The molecule has 1 aromatic heterocycles. The number of carbonyl (C=O) groups is 1. The van der Waals surface area contributed by atoms with Crippen molar-refractivity contribution < 1.29 is 4.79 Å². The molecule has 4 rings (SSSR count). The maximum atomic E-state index is 12.9. The number of fused-ring (bicyclic) bond motifs is 1. The molecule has 1 atom stereocenters. The Kier molecular flexibility index (Phi) is 7.07. The summed E-state index contributed by atoms with van der Waals surface area (Å²) in [4.78, 5) is 23.5. The van der Waals surface area contributed by atoms with Crippen LogP contribution in [0.3, 0.4) is 0 Å². The highest BCUT2D eigenvalue weighted by atomic mass is 32.2. The number of amides is 1. The molecular formula is C24H30N4OS. The Balaban J connectivity index is 1.43. The Labute approximate surface area is 182 Å². The van der Waals surface area contributed by atoms with Crippen LogP contribution in [0.15, 0.2) is 48.5 Å². The highest BCUT2D eigenvalue weighted by Gasteiger charge is 2.19. The molecule has 2 aromatic carbocycles. The van der Waals surface area contributed by atoms with E-state index in [9.17, 15) is 4.79 Å². The first-order valence-electron chi connectivity index (χ1n) is 10.8. The number of nitrogens with one attached hydrogen (secondary N) is 2. The Bertz CT molecular complexity index is 930. The summed E-state index contributed by atoms with van der Waals surface area (Å²) in [6, 6.07) is 15.9. The topological polar surface area (TPSA) is 61.0 Å². The number of hydrogen-bond acceptors (Lipinski definition) is 4. The molecule has 6 heteroatoms. The van der Waals surface area contributed by atoms with Crippen LogP contribution in [0.5, 0.6) is 0 Å². The summed E-state index contributed by atoms with van der Waals surface area (Å²) in [7, 11) is 0. The predicted octanol–water partition coefficient (Wildman–Crippen LogP) is 4.77. The van der Waals surface area contributed by atoms with Crippen molar-refractivity contribution in [2.24, 2.45) is 0 Å². The number of para-hydroxylation sites is 2. The van der Waals surface area contributed by atoms with Gasteiger partial charge in [0.15, 0.2) is 0 Å². The molecule has 1 fully saturated rings. The van der Waals surface area contributed by atoms with Crippen molar-refractivity contribution in [3.63, 3.8) is 0 Å². The standard InChI is InChI=1S/C24H30N4OS/c1-30-16-13-22(23-25-20-7-3-4-8-21(20)26-23)27-24(29)19-11-9-18(10-12-19)17-28-14-5-2-6-15-28/h3-4,7-12,22H,2,5-6,13-17H2,1H3,(H,25,26)(H,27,29). The molecule has 2 N–H and O–H groups in total. The Morgan fingerprint density at radius 1 is 1.13 bits per heavy atom. The van der Waals surface area contributed by atoms with Gasteiger partial charge in [0.2, 0.25) is 0 Å². The zero-order valence-electron chi connectivity index (χ0n) is 17.6. The number of thioether (sulfide) groups is 1. The molecule has 1 saturated heterocycles. The second-order valence-electron chi connectivity index (χ2n) is 7.98. The second-order valence-corrected chi connectivity index (χ2v) is 8.97. The number of H-pyrrole nitrogens is 1. The maximum absolute atomic E-state index is 12.9. The monoisotopic (exact) mass is 422 g/mol. The highest BCUT2D eigenvalue weighted by Crippen LogP contribution is 2.21. The molecule has 0 saturated carbocycles. The van der Waals surface area contributed by atoms with Gasteiger partial charge in [0.1, 0.15) is 5.82 Å². The SMILES string of the molecule is CSCCC(NC(=O)c1ccc(CN2CCCCC2)cc1)c1nc2ccccc2[nH]1. The third-order valence-electron chi connectivity index (χ3n) is 5.72. The largest absolute Gasteiger partial charge is 0.342 e. The zero-order valence-corrected chi connectivity index (χ0v) is 18.4. The minimum absolute atomic E-state index is 0.0499. The lowest BCUT2D eigenvalue weighted by Gasteiger charge is -2.26. The molecular weight excluding hydrogens is 392 g/mol. The first-order chi connectivity index (χ1) is 14.7. The van der Waals surface area contributed by atoms with Gasteiger partial charge < -0.3 is 10.3 Å². The van der Waals surface area contributed by atoms with E-state index in [1.165, 1.54) is 37.9 Å². The van der Waals surface area contributed by atoms with Crippen LogP contribution in [0.1, 0.15) is 53.5 Å². The van der Waals surface area contributed by atoms with Crippen LogP contribution in [0, 0.1) is 0 Å². The summed E-state index contributed by atoms with van der Waals surface area (Å²) in [6.07, 6.45) is 6.84. The molecule has 158 valence electrons. The second kappa shape index (κ2) is 10.1. The number of aromatic amines is 1. The van der Waals surface area contributed by atoms with Gasteiger partial charge in [-0.3, -0.25) is 9.69 Å². The van der Waals surface area contributed by atoms with Crippen LogP contribution in [0.25, 0.3) is 11.0 Å². The van der Waals surface area contributed by atoms with E-state index in [1.54, 1.807) is 11.8 Å². The molecule has 1 aliphatic rings. The maximum Gasteiger partial charge on any atom is 0.251 e. The van der Waals surface area contributed by atoms with Crippen molar-refractivity contribution in [1.29, 1.82) is 0 Å². The third kappa shape index (κ3) is 5.24. The molecule has 0 aliphatic carbocycles. The zero-order chi connectivity index (χ0) is 20.8. The van der Waals surface area contributed by atoms with E-state index >= 15 is 0 Å². The number of carbonyl (C=O) groups excluding carboxylic acids is 1. The molecule has 1 amide bonds.